The second-order valence-electron chi connectivity index (χ2n) is 6.65. The number of amides is 2. The first-order chi connectivity index (χ1) is 13.3. The standard InChI is InChI=1S/C17H23ClF3N3O4S/c1-10(2)8-14(16(26)22-3)24-15(25)6-7-23-29(27,28)11-4-5-13(18)12(9-11)17(19,20)21/h4-5,9-10,14,23H,6-8H2,1-3H3,(H,22,26)(H,24,25). The summed E-state index contributed by atoms with van der Waals surface area (Å²) in [5.41, 5.74) is -1.28. The molecule has 1 atom stereocenters. The van der Waals surface area contributed by atoms with Crippen LogP contribution in [0.15, 0.2) is 23.1 Å². The third kappa shape index (κ3) is 7.82. The Morgan fingerprint density at radius 2 is 1.83 bits per heavy atom. The highest BCUT2D eigenvalue weighted by Crippen LogP contribution is 2.35. The number of likely N-dealkylation sites (N-methyl/N-ethyl adjacent to an activating group) is 1. The zero-order chi connectivity index (χ0) is 22.4. The Bertz CT molecular complexity index is 845. The SMILES string of the molecule is CNC(=O)C(CC(C)C)NC(=O)CCNS(=O)(=O)c1ccc(Cl)c(C(F)(F)F)c1. The molecule has 1 aromatic rings. The van der Waals surface area contributed by atoms with Gasteiger partial charge in [-0.3, -0.25) is 9.59 Å². The highest BCUT2D eigenvalue weighted by Gasteiger charge is 2.34. The zero-order valence-corrected chi connectivity index (χ0v) is 17.6. The molecular weight excluding hydrogens is 435 g/mol. The normalized spacial score (nSPS) is 13.2. The first-order valence-electron chi connectivity index (χ1n) is 8.65. The van der Waals surface area contributed by atoms with Crippen molar-refractivity contribution in [2.24, 2.45) is 5.92 Å². The van der Waals surface area contributed by atoms with Gasteiger partial charge in [0.1, 0.15) is 6.04 Å². The van der Waals surface area contributed by atoms with Gasteiger partial charge in [0, 0.05) is 20.0 Å². The van der Waals surface area contributed by atoms with Gasteiger partial charge in [-0.2, -0.15) is 13.2 Å². The largest absolute Gasteiger partial charge is 0.417 e. The lowest BCUT2D eigenvalue weighted by atomic mass is 10.0. The van der Waals surface area contributed by atoms with Crippen molar-refractivity contribution in [2.45, 2.75) is 43.8 Å². The number of nitrogens with one attached hydrogen (secondary N) is 3. The van der Waals surface area contributed by atoms with Crippen LogP contribution in [-0.2, 0) is 25.8 Å². The van der Waals surface area contributed by atoms with Crippen molar-refractivity contribution in [1.29, 1.82) is 0 Å². The summed E-state index contributed by atoms with van der Waals surface area (Å²) in [6.07, 6.45) is -4.72. The minimum atomic E-state index is -4.81. The monoisotopic (exact) mass is 457 g/mol. The summed E-state index contributed by atoms with van der Waals surface area (Å²) in [7, 11) is -2.86. The minimum Gasteiger partial charge on any atom is -0.357 e. The van der Waals surface area contributed by atoms with Crippen molar-refractivity contribution in [3.8, 4) is 0 Å². The summed E-state index contributed by atoms with van der Waals surface area (Å²) in [5, 5.41) is 4.32. The van der Waals surface area contributed by atoms with Gasteiger partial charge in [0.05, 0.1) is 15.5 Å². The summed E-state index contributed by atoms with van der Waals surface area (Å²) in [4.78, 5) is 23.2. The number of carbonyl (C=O) groups is 2. The topological polar surface area (TPSA) is 104 Å². The molecule has 2 amide bonds. The summed E-state index contributed by atoms with van der Waals surface area (Å²) < 4.78 is 65.2. The number of rotatable bonds is 9. The molecule has 7 nitrogen and oxygen atoms in total. The van der Waals surface area contributed by atoms with Gasteiger partial charge in [-0.25, -0.2) is 13.1 Å². The molecule has 0 aliphatic rings. The van der Waals surface area contributed by atoms with Gasteiger partial charge in [-0.15, -0.1) is 0 Å². The van der Waals surface area contributed by atoms with E-state index in [1.54, 1.807) is 0 Å². The van der Waals surface area contributed by atoms with E-state index in [0.717, 1.165) is 12.1 Å². The molecule has 3 N–H and O–H groups in total. The van der Waals surface area contributed by atoms with Gasteiger partial charge >= 0.3 is 6.18 Å². The van der Waals surface area contributed by atoms with Crippen LogP contribution in [-0.4, -0.2) is 39.9 Å². The van der Waals surface area contributed by atoms with E-state index in [4.69, 9.17) is 11.6 Å². The summed E-state index contributed by atoms with van der Waals surface area (Å²) >= 11 is 5.48. The maximum absolute atomic E-state index is 12.9. The number of carbonyl (C=O) groups excluding carboxylic acids is 2. The van der Waals surface area contributed by atoms with Crippen molar-refractivity contribution < 1.29 is 31.2 Å². The van der Waals surface area contributed by atoms with Crippen molar-refractivity contribution in [3.05, 3.63) is 28.8 Å². The average molecular weight is 458 g/mol. The molecule has 0 radical (unpaired) electrons. The van der Waals surface area contributed by atoms with Crippen LogP contribution in [0.3, 0.4) is 0 Å². The Labute approximate surface area is 172 Å². The van der Waals surface area contributed by atoms with Crippen LogP contribution in [0.2, 0.25) is 5.02 Å². The number of halogens is 4. The Morgan fingerprint density at radius 3 is 2.34 bits per heavy atom. The number of alkyl halides is 3. The van der Waals surface area contributed by atoms with Gasteiger partial charge in [-0.1, -0.05) is 25.4 Å². The lowest BCUT2D eigenvalue weighted by Gasteiger charge is -2.19. The van der Waals surface area contributed by atoms with Crippen LogP contribution in [0.1, 0.15) is 32.3 Å². The molecular formula is C17H23ClF3N3O4S. The highest BCUT2D eigenvalue weighted by atomic mass is 35.5. The molecule has 29 heavy (non-hydrogen) atoms. The van der Waals surface area contributed by atoms with E-state index in [1.807, 2.05) is 13.8 Å². The fraction of sp³-hybridized carbons (Fsp3) is 0.529. The first-order valence-corrected chi connectivity index (χ1v) is 10.5. The second-order valence-corrected chi connectivity index (χ2v) is 8.83. The average Bonchev–Trinajstić information content (AvgIpc) is 2.59. The van der Waals surface area contributed by atoms with E-state index in [0.29, 0.717) is 12.5 Å². The molecule has 1 unspecified atom stereocenters. The van der Waals surface area contributed by atoms with Gasteiger partial charge in [0.25, 0.3) is 0 Å². The molecule has 0 saturated carbocycles. The number of benzene rings is 1. The molecule has 0 aliphatic carbocycles. The Hall–Kier alpha value is -1.85. The first kappa shape index (κ1) is 25.2. The Kier molecular flexibility index (Phi) is 8.91. The molecule has 0 fully saturated rings. The van der Waals surface area contributed by atoms with Gasteiger partial charge < -0.3 is 10.6 Å². The number of hydrogen-bond acceptors (Lipinski definition) is 4. The second kappa shape index (κ2) is 10.3. The summed E-state index contributed by atoms with van der Waals surface area (Å²) in [6, 6.07) is 1.43. The van der Waals surface area contributed by atoms with E-state index in [1.165, 1.54) is 7.05 Å². The van der Waals surface area contributed by atoms with E-state index in [2.05, 4.69) is 15.4 Å². The quantitative estimate of drug-likeness (QED) is 0.529. The fourth-order valence-electron chi connectivity index (χ4n) is 2.41. The predicted molar refractivity (Wildman–Crippen MR) is 102 cm³/mol. The summed E-state index contributed by atoms with van der Waals surface area (Å²) in [5.74, 6) is -0.827. The van der Waals surface area contributed by atoms with Crippen LogP contribution in [0.4, 0.5) is 13.2 Å². The van der Waals surface area contributed by atoms with Gasteiger partial charge in [-0.05, 0) is 30.5 Å². The van der Waals surface area contributed by atoms with Crippen molar-refractivity contribution >= 4 is 33.4 Å². The zero-order valence-electron chi connectivity index (χ0n) is 16.1. The maximum atomic E-state index is 12.9. The minimum absolute atomic E-state index is 0.129. The number of sulfonamides is 1. The lowest BCUT2D eigenvalue weighted by molar-refractivity contribution is -0.137. The predicted octanol–water partition coefficient (Wildman–Crippen LogP) is 2.30. The smallest absolute Gasteiger partial charge is 0.357 e. The summed E-state index contributed by atoms with van der Waals surface area (Å²) in [6.45, 7) is 3.38. The van der Waals surface area contributed by atoms with Crippen LogP contribution < -0.4 is 15.4 Å². The number of hydrogen-bond donors (Lipinski definition) is 3. The highest BCUT2D eigenvalue weighted by molar-refractivity contribution is 7.89. The Morgan fingerprint density at radius 1 is 1.21 bits per heavy atom. The molecule has 1 aromatic carbocycles. The lowest BCUT2D eigenvalue weighted by Crippen LogP contribution is -2.47. The maximum Gasteiger partial charge on any atom is 0.417 e. The van der Waals surface area contributed by atoms with E-state index in [9.17, 15) is 31.2 Å². The van der Waals surface area contributed by atoms with Crippen LogP contribution in [0.5, 0.6) is 0 Å². The third-order valence-electron chi connectivity index (χ3n) is 3.80. The molecule has 0 aliphatic heterocycles. The van der Waals surface area contributed by atoms with Crippen LogP contribution in [0, 0.1) is 5.92 Å². The molecule has 164 valence electrons. The van der Waals surface area contributed by atoms with Gasteiger partial charge in [0.2, 0.25) is 21.8 Å². The molecule has 0 saturated heterocycles. The fourth-order valence-corrected chi connectivity index (χ4v) is 3.70. The van der Waals surface area contributed by atoms with Gasteiger partial charge in [0.15, 0.2) is 0 Å². The van der Waals surface area contributed by atoms with E-state index < -0.39 is 43.6 Å². The molecule has 0 spiro atoms. The molecule has 0 heterocycles. The Balaban J connectivity index is 2.75. The third-order valence-corrected chi connectivity index (χ3v) is 5.59. The molecule has 0 aromatic heterocycles. The van der Waals surface area contributed by atoms with E-state index in [-0.39, 0.29) is 24.8 Å². The molecule has 0 bridgehead atoms. The van der Waals surface area contributed by atoms with E-state index >= 15 is 0 Å². The molecule has 12 heteroatoms. The molecule has 1 rings (SSSR count). The van der Waals surface area contributed by atoms with Crippen molar-refractivity contribution in [1.82, 2.24) is 15.4 Å². The van der Waals surface area contributed by atoms with Crippen molar-refractivity contribution in [3.63, 3.8) is 0 Å². The van der Waals surface area contributed by atoms with Crippen LogP contribution >= 0.6 is 11.6 Å². The van der Waals surface area contributed by atoms with Crippen molar-refractivity contribution in [2.75, 3.05) is 13.6 Å². The van der Waals surface area contributed by atoms with Crippen LogP contribution in [0.25, 0.3) is 0 Å².